The number of rotatable bonds is 8. The van der Waals surface area contributed by atoms with E-state index < -0.39 is 17.6 Å². The summed E-state index contributed by atoms with van der Waals surface area (Å²) in [6.45, 7) is 0. The molecule has 7 nitrogen and oxygen atoms in total. The summed E-state index contributed by atoms with van der Waals surface area (Å²) in [4.78, 5) is 53.0. The Balaban J connectivity index is 1.26. The Morgan fingerprint density at radius 2 is 1.38 bits per heavy atom. The molecular weight excluding hydrogens is 529 g/mol. The van der Waals surface area contributed by atoms with Crippen molar-refractivity contribution >= 4 is 47.2 Å². The SMILES string of the molecule is O=C(Nc1ccc(SCN2C(=O)c3ccccc3C2=O)cc1)/C(=C/c1ccc(F)cc1)NC(=O)c1ccccc1. The van der Waals surface area contributed by atoms with Crippen LogP contribution in [-0.4, -0.2) is 34.4 Å². The minimum Gasteiger partial charge on any atom is -0.321 e. The predicted molar refractivity (Wildman–Crippen MR) is 151 cm³/mol. The molecule has 0 saturated carbocycles. The second kappa shape index (κ2) is 11.8. The number of benzene rings is 4. The molecule has 1 aliphatic rings. The van der Waals surface area contributed by atoms with E-state index in [2.05, 4.69) is 10.6 Å². The third-order valence-electron chi connectivity index (χ3n) is 6.06. The van der Waals surface area contributed by atoms with Crippen LogP contribution in [0.25, 0.3) is 6.08 Å². The lowest BCUT2D eigenvalue weighted by atomic mass is 10.1. The number of hydrogen-bond donors (Lipinski definition) is 2. The maximum Gasteiger partial charge on any atom is 0.272 e. The quantitative estimate of drug-likeness (QED) is 0.169. The van der Waals surface area contributed by atoms with Crippen LogP contribution in [0.2, 0.25) is 0 Å². The molecule has 4 aromatic rings. The van der Waals surface area contributed by atoms with E-state index in [4.69, 9.17) is 0 Å². The average molecular weight is 552 g/mol. The molecule has 4 aromatic carbocycles. The number of nitrogens with zero attached hydrogens (tertiary/aromatic N) is 1. The Morgan fingerprint density at radius 1 is 0.775 bits per heavy atom. The Bertz CT molecular complexity index is 1590. The van der Waals surface area contributed by atoms with E-state index in [0.717, 1.165) is 4.90 Å². The standard InChI is InChI=1S/C31H22FN3O4S/c32-22-12-10-20(11-13-22)18-27(34-28(36)21-6-2-1-3-7-21)29(37)33-23-14-16-24(17-15-23)40-19-35-30(38)25-8-4-5-9-26(25)31(35)39/h1-18H,19H2,(H,33,37)(H,34,36)/b27-18-. The lowest BCUT2D eigenvalue weighted by molar-refractivity contribution is -0.113. The summed E-state index contributed by atoms with van der Waals surface area (Å²) < 4.78 is 13.4. The molecular formula is C31H22FN3O4S. The van der Waals surface area contributed by atoms with Crippen LogP contribution < -0.4 is 10.6 Å². The maximum absolute atomic E-state index is 13.4. The number of imide groups is 1. The molecule has 0 saturated heterocycles. The number of carbonyl (C=O) groups is 4. The predicted octanol–water partition coefficient (Wildman–Crippen LogP) is 5.58. The largest absolute Gasteiger partial charge is 0.321 e. The van der Waals surface area contributed by atoms with Crippen LogP contribution in [-0.2, 0) is 4.79 Å². The topological polar surface area (TPSA) is 95.6 Å². The van der Waals surface area contributed by atoms with E-state index in [1.165, 1.54) is 47.0 Å². The summed E-state index contributed by atoms with van der Waals surface area (Å²) in [5, 5.41) is 5.40. The van der Waals surface area contributed by atoms with Crippen LogP contribution in [0.15, 0.2) is 114 Å². The molecule has 1 aliphatic heterocycles. The highest BCUT2D eigenvalue weighted by molar-refractivity contribution is 7.99. The van der Waals surface area contributed by atoms with Gasteiger partial charge in [0.15, 0.2) is 0 Å². The smallest absolute Gasteiger partial charge is 0.272 e. The van der Waals surface area contributed by atoms with Gasteiger partial charge in [-0.15, -0.1) is 11.8 Å². The van der Waals surface area contributed by atoms with Crippen LogP contribution in [0.1, 0.15) is 36.6 Å². The molecule has 0 aliphatic carbocycles. The number of hydrogen-bond acceptors (Lipinski definition) is 5. The van der Waals surface area contributed by atoms with Crippen molar-refractivity contribution in [2.75, 3.05) is 11.2 Å². The molecule has 0 bridgehead atoms. The van der Waals surface area contributed by atoms with Crippen molar-refractivity contribution in [2.45, 2.75) is 4.90 Å². The molecule has 0 aromatic heterocycles. The van der Waals surface area contributed by atoms with Gasteiger partial charge in [0.05, 0.1) is 17.0 Å². The van der Waals surface area contributed by atoms with E-state index in [9.17, 15) is 23.6 Å². The van der Waals surface area contributed by atoms with E-state index >= 15 is 0 Å². The van der Waals surface area contributed by atoms with Crippen molar-refractivity contribution in [1.82, 2.24) is 10.2 Å². The minimum absolute atomic E-state index is 0.0236. The Labute approximate surface area is 233 Å². The van der Waals surface area contributed by atoms with Crippen molar-refractivity contribution in [1.29, 1.82) is 0 Å². The van der Waals surface area contributed by atoms with Crippen LogP contribution >= 0.6 is 11.8 Å². The van der Waals surface area contributed by atoms with E-state index in [1.54, 1.807) is 78.9 Å². The first-order valence-corrected chi connectivity index (χ1v) is 13.2. The van der Waals surface area contributed by atoms with Crippen LogP contribution in [0.5, 0.6) is 0 Å². The molecule has 2 N–H and O–H groups in total. The van der Waals surface area contributed by atoms with Crippen molar-refractivity contribution in [3.8, 4) is 0 Å². The minimum atomic E-state index is -0.569. The highest BCUT2D eigenvalue weighted by Gasteiger charge is 2.34. The monoisotopic (exact) mass is 551 g/mol. The molecule has 1 heterocycles. The summed E-state index contributed by atoms with van der Waals surface area (Å²) in [5.41, 5.74) is 2.14. The molecule has 4 amide bonds. The Hall–Kier alpha value is -5.02. The van der Waals surface area contributed by atoms with E-state index in [-0.39, 0.29) is 23.4 Å². The number of fused-ring (bicyclic) bond motifs is 1. The number of anilines is 1. The van der Waals surface area contributed by atoms with Crippen molar-refractivity contribution in [2.24, 2.45) is 0 Å². The van der Waals surface area contributed by atoms with Crippen LogP contribution in [0, 0.1) is 5.82 Å². The van der Waals surface area contributed by atoms with E-state index in [0.29, 0.717) is 27.9 Å². The zero-order chi connectivity index (χ0) is 28.1. The normalized spacial score (nSPS) is 12.7. The highest BCUT2D eigenvalue weighted by Crippen LogP contribution is 2.28. The average Bonchev–Trinajstić information content (AvgIpc) is 3.22. The lowest BCUT2D eigenvalue weighted by Gasteiger charge is -2.14. The second-order valence-corrected chi connectivity index (χ2v) is 9.78. The van der Waals surface area contributed by atoms with Gasteiger partial charge in [-0.3, -0.25) is 24.1 Å². The molecule has 198 valence electrons. The van der Waals surface area contributed by atoms with Gasteiger partial charge < -0.3 is 10.6 Å². The molecule has 0 radical (unpaired) electrons. The number of nitrogens with one attached hydrogen (secondary N) is 2. The third-order valence-corrected chi connectivity index (χ3v) is 7.05. The molecule has 0 unspecified atom stereocenters. The number of carbonyl (C=O) groups excluding carboxylic acids is 4. The zero-order valence-electron chi connectivity index (χ0n) is 21.0. The van der Waals surface area contributed by atoms with Gasteiger partial charge in [0, 0.05) is 16.1 Å². The first-order valence-electron chi connectivity index (χ1n) is 12.2. The van der Waals surface area contributed by atoms with Gasteiger partial charge in [-0.25, -0.2) is 4.39 Å². The number of thioether (sulfide) groups is 1. The third kappa shape index (κ3) is 6.00. The zero-order valence-corrected chi connectivity index (χ0v) is 21.8. The summed E-state index contributed by atoms with van der Waals surface area (Å²) >= 11 is 1.31. The van der Waals surface area contributed by atoms with Gasteiger partial charge in [-0.05, 0) is 72.3 Å². The Kier molecular flexibility index (Phi) is 7.84. The van der Waals surface area contributed by atoms with Gasteiger partial charge in [0.1, 0.15) is 11.5 Å². The van der Waals surface area contributed by atoms with Gasteiger partial charge in [0.25, 0.3) is 23.6 Å². The van der Waals surface area contributed by atoms with E-state index in [1.807, 2.05) is 0 Å². The van der Waals surface area contributed by atoms with Gasteiger partial charge in [0.2, 0.25) is 0 Å². The number of halogens is 1. The summed E-state index contributed by atoms with van der Waals surface area (Å²) in [5.74, 6) is -1.96. The fourth-order valence-corrected chi connectivity index (χ4v) is 4.84. The second-order valence-electron chi connectivity index (χ2n) is 8.77. The fourth-order valence-electron chi connectivity index (χ4n) is 4.00. The Morgan fingerprint density at radius 3 is 2.00 bits per heavy atom. The van der Waals surface area contributed by atoms with Crippen molar-refractivity contribution in [3.63, 3.8) is 0 Å². The van der Waals surface area contributed by atoms with Gasteiger partial charge in [-0.2, -0.15) is 0 Å². The summed E-state index contributed by atoms with van der Waals surface area (Å²) in [6.07, 6.45) is 1.46. The molecule has 0 fully saturated rings. The molecule has 0 spiro atoms. The molecule has 0 atom stereocenters. The number of amides is 4. The van der Waals surface area contributed by atoms with Crippen LogP contribution in [0.3, 0.4) is 0 Å². The first-order chi connectivity index (χ1) is 19.4. The molecule has 5 rings (SSSR count). The van der Waals surface area contributed by atoms with Crippen molar-refractivity contribution < 1.29 is 23.6 Å². The van der Waals surface area contributed by atoms with Crippen molar-refractivity contribution in [3.05, 3.63) is 137 Å². The molecule has 9 heteroatoms. The fraction of sp³-hybridized carbons (Fsp3) is 0.0323. The molecule has 40 heavy (non-hydrogen) atoms. The highest BCUT2D eigenvalue weighted by atomic mass is 32.2. The first kappa shape index (κ1) is 26.6. The van der Waals surface area contributed by atoms with Gasteiger partial charge >= 0.3 is 0 Å². The van der Waals surface area contributed by atoms with Crippen LogP contribution in [0.4, 0.5) is 10.1 Å². The maximum atomic E-state index is 13.4. The summed E-state index contributed by atoms with van der Waals surface area (Å²) in [6, 6.07) is 27.6. The van der Waals surface area contributed by atoms with Gasteiger partial charge in [-0.1, -0.05) is 42.5 Å². The lowest BCUT2D eigenvalue weighted by Crippen LogP contribution is -2.30. The summed E-state index contributed by atoms with van der Waals surface area (Å²) in [7, 11) is 0.